The molecule has 0 radical (unpaired) electrons. The molecule has 0 saturated carbocycles. The fraction of sp³-hybridized carbons (Fsp3) is 0.176. The van der Waals surface area contributed by atoms with Gasteiger partial charge in [-0.05, 0) is 42.5 Å². The number of benzene rings is 2. The molecule has 0 atom stereocenters. The summed E-state index contributed by atoms with van der Waals surface area (Å²) < 4.78 is 39.9. The van der Waals surface area contributed by atoms with E-state index in [1.165, 1.54) is 30.3 Å². The second-order valence-corrected chi connectivity index (χ2v) is 7.27. The molecular weight excluding hydrogens is 362 g/mol. The lowest BCUT2D eigenvalue weighted by Crippen LogP contribution is -2.14. The molecule has 0 amide bonds. The molecule has 0 aromatic heterocycles. The summed E-state index contributed by atoms with van der Waals surface area (Å²) in [6.45, 7) is -0.325. The van der Waals surface area contributed by atoms with Crippen LogP contribution >= 0.6 is 0 Å². The van der Waals surface area contributed by atoms with Crippen molar-refractivity contribution >= 4 is 27.5 Å². The average Bonchev–Trinajstić information content (AvgIpc) is 3.06. The number of Topliss-reactive ketones (excluding diaryl/α,β-unsaturated/α-hetero) is 1. The number of carbonyl (C=O) groups excluding carboxylic acids is 2. The van der Waals surface area contributed by atoms with E-state index in [9.17, 15) is 18.0 Å². The number of rotatable bonds is 6. The maximum Gasteiger partial charge on any atom is 0.338 e. The first-order valence-corrected chi connectivity index (χ1v) is 9.39. The predicted octanol–water partition coefficient (Wildman–Crippen LogP) is 1.83. The fourth-order valence-corrected chi connectivity index (χ4v) is 2.82. The van der Waals surface area contributed by atoms with Crippen LogP contribution in [0.5, 0.6) is 11.5 Å². The van der Waals surface area contributed by atoms with Crippen LogP contribution in [-0.4, -0.2) is 39.8 Å². The van der Waals surface area contributed by atoms with E-state index in [0.717, 1.165) is 6.26 Å². The SMILES string of the molecule is CS(=O)(=O)Nc1ccc(C(=O)OCC(=O)c2ccc3c(c2)OCO3)cc1. The summed E-state index contributed by atoms with van der Waals surface area (Å²) in [6, 6.07) is 10.4. The number of fused-ring (bicyclic) bond motifs is 1. The van der Waals surface area contributed by atoms with E-state index in [-0.39, 0.29) is 18.1 Å². The van der Waals surface area contributed by atoms with Gasteiger partial charge < -0.3 is 14.2 Å². The number of carbonyl (C=O) groups is 2. The van der Waals surface area contributed by atoms with Crippen molar-refractivity contribution in [1.29, 1.82) is 0 Å². The van der Waals surface area contributed by atoms with E-state index in [4.69, 9.17) is 14.2 Å². The average molecular weight is 377 g/mol. The van der Waals surface area contributed by atoms with E-state index in [1.807, 2.05) is 0 Å². The van der Waals surface area contributed by atoms with Crippen LogP contribution in [0.3, 0.4) is 0 Å². The van der Waals surface area contributed by atoms with Crippen LogP contribution in [0.25, 0.3) is 0 Å². The van der Waals surface area contributed by atoms with Gasteiger partial charge in [0, 0.05) is 11.3 Å². The molecule has 1 N–H and O–H groups in total. The third-order valence-corrected chi connectivity index (χ3v) is 4.06. The maximum atomic E-state index is 12.1. The quantitative estimate of drug-likeness (QED) is 0.604. The van der Waals surface area contributed by atoms with E-state index >= 15 is 0 Å². The molecule has 9 heteroatoms. The van der Waals surface area contributed by atoms with E-state index in [2.05, 4.69) is 4.72 Å². The summed E-state index contributed by atoms with van der Waals surface area (Å²) in [5, 5.41) is 0. The lowest BCUT2D eigenvalue weighted by Gasteiger charge is -2.07. The van der Waals surface area contributed by atoms with Crippen LogP contribution < -0.4 is 14.2 Å². The van der Waals surface area contributed by atoms with Gasteiger partial charge in [-0.1, -0.05) is 0 Å². The number of sulfonamides is 1. The molecular formula is C17H15NO7S. The molecule has 0 aliphatic carbocycles. The predicted molar refractivity (Wildman–Crippen MR) is 92.1 cm³/mol. The lowest BCUT2D eigenvalue weighted by molar-refractivity contribution is 0.0475. The van der Waals surface area contributed by atoms with Crippen LogP contribution in [0.4, 0.5) is 5.69 Å². The first kappa shape index (κ1) is 17.7. The molecule has 26 heavy (non-hydrogen) atoms. The van der Waals surface area contributed by atoms with E-state index < -0.39 is 22.6 Å². The molecule has 2 aromatic rings. The molecule has 8 nitrogen and oxygen atoms in total. The largest absolute Gasteiger partial charge is 0.454 e. The number of hydrogen-bond acceptors (Lipinski definition) is 7. The van der Waals surface area contributed by atoms with Crippen LogP contribution in [0.1, 0.15) is 20.7 Å². The van der Waals surface area contributed by atoms with Gasteiger partial charge in [0.05, 0.1) is 11.8 Å². The first-order chi connectivity index (χ1) is 12.3. The van der Waals surface area contributed by atoms with Gasteiger partial charge in [-0.15, -0.1) is 0 Å². The van der Waals surface area contributed by atoms with E-state index in [0.29, 0.717) is 22.7 Å². The number of ether oxygens (including phenoxy) is 3. The molecule has 0 fully saturated rings. The standard InChI is InChI=1S/C17H15NO7S/c1-26(21,22)18-13-5-2-11(3-6-13)17(20)23-9-14(19)12-4-7-15-16(8-12)25-10-24-15/h2-8,18H,9-10H2,1H3. The molecule has 136 valence electrons. The fourth-order valence-electron chi connectivity index (χ4n) is 2.26. The van der Waals surface area contributed by atoms with Crippen molar-refractivity contribution in [3.05, 3.63) is 53.6 Å². The van der Waals surface area contributed by atoms with Crippen molar-refractivity contribution in [2.75, 3.05) is 24.4 Å². The van der Waals surface area contributed by atoms with Crippen LogP contribution in [0.15, 0.2) is 42.5 Å². The topological polar surface area (TPSA) is 108 Å². The molecule has 3 rings (SSSR count). The van der Waals surface area contributed by atoms with Gasteiger partial charge in [-0.3, -0.25) is 9.52 Å². The molecule has 1 aliphatic rings. The zero-order valence-corrected chi connectivity index (χ0v) is 14.5. The Labute approximate surface area is 149 Å². The van der Waals surface area contributed by atoms with Crippen molar-refractivity contribution in [1.82, 2.24) is 0 Å². The Morgan fingerprint density at radius 3 is 2.38 bits per heavy atom. The van der Waals surface area contributed by atoms with Crippen molar-refractivity contribution in [3.8, 4) is 11.5 Å². The molecule has 2 aromatic carbocycles. The Balaban J connectivity index is 1.59. The molecule has 0 unspecified atom stereocenters. The Hall–Kier alpha value is -3.07. The second-order valence-electron chi connectivity index (χ2n) is 5.52. The molecule has 0 spiro atoms. The number of hydrogen-bond donors (Lipinski definition) is 1. The molecule has 1 heterocycles. The Morgan fingerprint density at radius 2 is 1.69 bits per heavy atom. The summed E-state index contributed by atoms with van der Waals surface area (Å²) in [4.78, 5) is 24.1. The third-order valence-electron chi connectivity index (χ3n) is 3.45. The van der Waals surface area contributed by atoms with Gasteiger partial charge in [-0.2, -0.15) is 0 Å². The summed E-state index contributed by atoms with van der Waals surface area (Å²) in [5.41, 5.74) is 0.859. The summed E-state index contributed by atoms with van der Waals surface area (Å²) in [7, 11) is -3.40. The van der Waals surface area contributed by atoms with Crippen molar-refractivity contribution in [2.45, 2.75) is 0 Å². The lowest BCUT2D eigenvalue weighted by atomic mass is 10.1. The highest BCUT2D eigenvalue weighted by atomic mass is 32.2. The first-order valence-electron chi connectivity index (χ1n) is 7.50. The van der Waals surface area contributed by atoms with Crippen LogP contribution in [0.2, 0.25) is 0 Å². The molecule has 1 aliphatic heterocycles. The minimum absolute atomic E-state index is 0.103. The zero-order valence-electron chi connectivity index (χ0n) is 13.7. The highest BCUT2D eigenvalue weighted by Crippen LogP contribution is 2.32. The zero-order chi connectivity index (χ0) is 18.7. The van der Waals surface area contributed by atoms with Crippen LogP contribution in [-0.2, 0) is 14.8 Å². The summed E-state index contributed by atoms with van der Waals surface area (Å²) in [6.07, 6.45) is 1.02. The van der Waals surface area contributed by atoms with Gasteiger partial charge in [0.25, 0.3) is 0 Å². The summed E-state index contributed by atoms with van der Waals surface area (Å²) in [5.74, 6) is -0.0468. The molecule has 0 bridgehead atoms. The Kier molecular flexibility index (Phi) is 4.81. The smallest absolute Gasteiger partial charge is 0.338 e. The highest BCUT2D eigenvalue weighted by molar-refractivity contribution is 7.92. The van der Waals surface area contributed by atoms with Crippen LogP contribution in [0, 0.1) is 0 Å². The Morgan fingerprint density at radius 1 is 1.04 bits per heavy atom. The van der Waals surface area contributed by atoms with Gasteiger partial charge in [-0.25, -0.2) is 13.2 Å². The van der Waals surface area contributed by atoms with Crippen molar-refractivity contribution in [3.63, 3.8) is 0 Å². The molecule has 0 saturated heterocycles. The third kappa shape index (κ3) is 4.31. The van der Waals surface area contributed by atoms with Crippen molar-refractivity contribution < 1.29 is 32.2 Å². The highest BCUT2D eigenvalue weighted by Gasteiger charge is 2.17. The number of nitrogens with one attached hydrogen (secondary N) is 1. The minimum atomic E-state index is -3.40. The number of esters is 1. The number of ketones is 1. The number of anilines is 1. The van der Waals surface area contributed by atoms with Crippen molar-refractivity contribution in [2.24, 2.45) is 0 Å². The second kappa shape index (κ2) is 7.04. The van der Waals surface area contributed by atoms with E-state index in [1.54, 1.807) is 12.1 Å². The normalized spacial score (nSPS) is 12.5. The monoisotopic (exact) mass is 377 g/mol. The maximum absolute atomic E-state index is 12.1. The van der Waals surface area contributed by atoms with Gasteiger partial charge in [0.15, 0.2) is 23.9 Å². The summed E-state index contributed by atoms with van der Waals surface area (Å²) >= 11 is 0. The Bertz CT molecular complexity index is 952. The van der Waals surface area contributed by atoms with Gasteiger partial charge in [0.1, 0.15) is 0 Å². The minimum Gasteiger partial charge on any atom is -0.454 e. The van der Waals surface area contributed by atoms with Gasteiger partial charge >= 0.3 is 5.97 Å². The van der Waals surface area contributed by atoms with Gasteiger partial charge in [0.2, 0.25) is 16.8 Å².